The van der Waals surface area contributed by atoms with Crippen molar-refractivity contribution in [3.8, 4) is 11.5 Å². The Hall–Kier alpha value is -4.04. The summed E-state index contributed by atoms with van der Waals surface area (Å²) in [6.45, 7) is 4.32. The number of likely N-dealkylation sites (tertiary alicyclic amines) is 1. The van der Waals surface area contributed by atoms with Crippen molar-refractivity contribution in [2.45, 2.75) is 39.2 Å². The molecule has 212 valence electrons. The summed E-state index contributed by atoms with van der Waals surface area (Å²) < 4.78 is 5.80. The van der Waals surface area contributed by atoms with E-state index in [0.717, 1.165) is 44.0 Å². The van der Waals surface area contributed by atoms with Crippen LogP contribution in [0.3, 0.4) is 0 Å². The zero-order valence-corrected chi connectivity index (χ0v) is 22.5. The summed E-state index contributed by atoms with van der Waals surface area (Å²) in [6, 6.07) is 24.6. The third-order valence-corrected chi connectivity index (χ3v) is 7.49. The maximum Gasteiger partial charge on any atom is 0.323 e. The van der Waals surface area contributed by atoms with Crippen molar-refractivity contribution in [2.75, 3.05) is 55.3 Å². The molecule has 2 fully saturated rings. The van der Waals surface area contributed by atoms with Crippen LogP contribution in [0.5, 0.6) is 11.5 Å². The molecule has 0 spiro atoms. The first-order valence-electron chi connectivity index (χ1n) is 13.8. The Morgan fingerprint density at radius 3 is 2.08 bits per heavy atom. The second-order valence-electron chi connectivity index (χ2n) is 10.3. The van der Waals surface area contributed by atoms with Crippen LogP contribution in [0.1, 0.15) is 33.1 Å². The predicted molar refractivity (Wildman–Crippen MR) is 162 cm³/mol. The summed E-state index contributed by atoms with van der Waals surface area (Å²) in [5.41, 5.74) is 2.48. The fraction of sp³-hybridized carbons (Fsp3) is 0.375. The van der Waals surface area contributed by atoms with E-state index in [0.29, 0.717) is 23.7 Å². The summed E-state index contributed by atoms with van der Waals surface area (Å²) in [4.78, 5) is 31.9. The molecule has 2 heterocycles. The van der Waals surface area contributed by atoms with E-state index in [1.54, 1.807) is 12.1 Å². The highest BCUT2D eigenvalue weighted by molar-refractivity contribution is 5.99. The number of nitrogens with zero attached hydrogens (tertiary/aromatic N) is 3. The summed E-state index contributed by atoms with van der Waals surface area (Å²) in [6.07, 6.45) is 4.62. The van der Waals surface area contributed by atoms with Crippen molar-refractivity contribution < 1.29 is 14.3 Å². The summed E-state index contributed by atoms with van der Waals surface area (Å²) in [5, 5.41) is 5.74. The molecule has 0 radical (unpaired) electrons. The Morgan fingerprint density at radius 2 is 1.43 bits per heavy atom. The Kier molecular flexibility index (Phi) is 10.0. The number of carbonyl (C=O) groups is 2. The van der Waals surface area contributed by atoms with Crippen LogP contribution < -0.4 is 20.3 Å². The topological polar surface area (TPSA) is 77.2 Å². The Labute approximate surface area is 237 Å². The Morgan fingerprint density at radius 1 is 0.825 bits per heavy atom. The van der Waals surface area contributed by atoms with E-state index in [4.69, 9.17) is 4.74 Å². The number of carbonyl (C=O) groups excluding carboxylic acids is 2. The van der Waals surface area contributed by atoms with Gasteiger partial charge in [-0.25, -0.2) is 4.79 Å². The first-order valence-corrected chi connectivity index (χ1v) is 13.8. The monoisotopic (exact) mass is 543 g/mol. The quantitative estimate of drug-likeness (QED) is 0.350. The highest BCUT2D eigenvalue weighted by atomic mass is 16.5. The maximum absolute atomic E-state index is 12.8. The number of benzene rings is 3. The molecule has 1 atom stereocenters. The number of ether oxygens (including phenoxy) is 1. The first-order chi connectivity index (χ1) is 19.0. The smallest absolute Gasteiger partial charge is 0.323 e. The molecular formula is C32H41N5O3. The van der Waals surface area contributed by atoms with Crippen LogP contribution in [0.25, 0.3) is 0 Å². The number of likely N-dealkylation sites (N-methyl/N-ethyl adjacent to an activating group) is 1. The molecule has 2 aliphatic heterocycles. The molecular weight excluding hydrogens is 502 g/mol. The van der Waals surface area contributed by atoms with Gasteiger partial charge in [0.1, 0.15) is 11.5 Å². The molecule has 1 unspecified atom stereocenters. The largest absolute Gasteiger partial charge is 0.457 e. The third-order valence-electron chi connectivity index (χ3n) is 7.49. The van der Waals surface area contributed by atoms with Gasteiger partial charge >= 0.3 is 6.03 Å². The number of hydrogen-bond donors (Lipinski definition) is 2. The molecule has 0 bridgehead atoms. The van der Waals surface area contributed by atoms with Crippen LogP contribution in [-0.2, 0) is 4.79 Å². The third kappa shape index (κ3) is 7.76. The van der Waals surface area contributed by atoms with E-state index in [-0.39, 0.29) is 25.4 Å². The molecule has 2 saturated heterocycles. The van der Waals surface area contributed by atoms with Gasteiger partial charge in [0.25, 0.3) is 0 Å². The molecule has 5 rings (SSSR count). The van der Waals surface area contributed by atoms with Crippen LogP contribution in [0.15, 0.2) is 78.9 Å². The molecule has 2 aliphatic rings. The van der Waals surface area contributed by atoms with Gasteiger partial charge in [-0.3, -0.25) is 9.69 Å². The zero-order valence-electron chi connectivity index (χ0n) is 22.5. The fourth-order valence-corrected chi connectivity index (χ4v) is 5.20. The van der Waals surface area contributed by atoms with E-state index < -0.39 is 0 Å². The van der Waals surface area contributed by atoms with Crippen molar-refractivity contribution >= 4 is 29.0 Å². The summed E-state index contributed by atoms with van der Waals surface area (Å²) in [5.74, 6) is 1.68. The van der Waals surface area contributed by atoms with Crippen LogP contribution in [0, 0.1) is 0 Å². The van der Waals surface area contributed by atoms with Crippen molar-refractivity contribution in [3.05, 3.63) is 78.9 Å². The molecule has 8 nitrogen and oxygen atoms in total. The van der Waals surface area contributed by atoms with Gasteiger partial charge < -0.3 is 25.2 Å². The summed E-state index contributed by atoms with van der Waals surface area (Å²) >= 11 is 0. The predicted octanol–water partition coefficient (Wildman–Crippen LogP) is 6.28. The van der Waals surface area contributed by atoms with Gasteiger partial charge in [0.05, 0.1) is 12.6 Å². The number of para-hydroxylation sites is 1. The number of urea groups is 1. The lowest BCUT2D eigenvalue weighted by Crippen LogP contribution is -2.45. The minimum atomic E-state index is -0.311. The van der Waals surface area contributed by atoms with Crippen LogP contribution in [0.4, 0.5) is 21.9 Å². The van der Waals surface area contributed by atoms with Crippen LogP contribution >= 0.6 is 0 Å². The van der Waals surface area contributed by atoms with Gasteiger partial charge in [-0.05, 0) is 93.0 Å². The first kappa shape index (κ1) is 29.0. The average molecular weight is 544 g/mol. The highest BCUT2D eigenvalue weighted by Crippen LogP contribution is 2.25. The lowest BCUT2D eigenvalue weighted by molar-refractivity contribution is -0.133. The van der Waals surface area contributed by atoms with E-state index in [1.165, 1.54) is 19.3 Å². The normalized spacial score (nSPS) is 17.0. The second-order valence-corrected chi connectivity index (χ2v) is 10.3. The standard InChI is InChI=1S/C31H37N5O3.CH4/c1-34(30(37)23-35-19-6-3-7-20-35)27-18-21-36(22-27)26-14-10-24(11-15-26)32-31(38)33-25-12-16-29(17-13-25)39-28-8-4-2-5-9-28;/h2,4-5,8-17,27H,3,6-7,18-23H2,1H3,(H2,32,33,38);1H4. The number of hydrogen-bond acceptors (Lipinski definition) is 5. The van der Waals surface area contributed by atoms with E-state index in [9.17, 15) is 9.59 Å². The SMILES string of the molecule is C.CN(C(=O)CN1CCCCC1)C1CCN(c2ccc(NC(=O)Nc3ccc(Oc4ccccc4)cc3)cc2)C1. The Balaban J connectivity index is 0.00000370. The van der Waals surface area contributed by atoms with E-state index in [2.05, 4.69) is 20.4 Å². The van der Waals surface area contributed by atoms with E-state index in [1.807, 2.05) is 78.7 Å². The van der Waals surface area contributed by atoms with Gasteiger partial charge in [-0.2, -0.15) is 0 Å². The highest BCUT2D eigenvalue weighted by Gasteiger charge is 2.29. The molecule has 3 amide bonds. The lowest BCUT2D eigenvalue weighted by Gasteiger charge is -2.30. The molecule has 40 heavy (non-hydrogen) atoms. The molecule has 0 aliphatic carbocycles. The van der Waals surface area contributed by atoms with Crippen LogP contribution in [0.2, 0.25) is 0 Å². The minimum Gasteiger partial charge on any atom is -0.457 e. The number of amides is 3. The van der Waals surface area contributed by atoms with Crippen LogP contribution in [-0.4, -0.2) is 67.6 Å². The van der Waals surface area contributed by atoms with Crippen molar-refractivity contribution in [1.82, 2.24) is 9.80 Å². The number of anilines is 3. The number of nitrogens with one attached hydrogen (secondary N) is 2. The van der Waals surface area contributed by atoms with Crippen molar-refractivity contribution in [2.24, 2.45) is 0 Å². The Bertz CT molecular complexity index is 1230. The average Bonchev–Trinajstić information content (AvgIpc) is 3.45. The van der Waals surface area contributed by atoms with Gasteiger partial charge in [-0.1, -0.05) is 32.0 Å². The number of rotatable bonds is 8. The molecule has 3 aromatic rings. The maximum atomic E-state index is 12.8. The summed E-state index contributed by atoms with van der Waals surface area (Å²) in [7, 11) is 1.94. The zero-order chi connectivity index (χ0) is 27.0. The second kappa shape index (κ2) is 13.8. The lowest BCUT2D eigenvalue weighted by atomic mass is 10.1. The number of piperidine rings is 1. The van der Waals surface area contributed by atoms with Gasteiger partial charge in [0.2, 0.25) is 5.91 Å². The molecule has 0 saturated carbocycles. The van der Waals surface area contributed by atoms with Gasteiger partial charge in [0.15, 0.2) is 0 Å². The van der Waals surface area contributed by atoms with E-state index >= 15 is 0 Å². The van der Waals surface area contributed by atoms with Gasteiger partial charge in [-0.15, -0.1) is 0 Å². The molecule has 8 heteroatoms. The molecule has 3 aromatic carbocycles. The molecule has 2 N–H and O–H groups in total. The fourth-order valence-electron chi connectivity index (χ4n) is 5.20. The van der Waals surface area contributed by atoms with Crippen molar-refractivity contribution in [3.63, 3.8) is 0 Å². The van der Waals surface area contributed by atoms with Crippen molar-refractivity contribution in [1.29, 1.82) is 0 Å². The minimum absolute atomic E-state index is 0. The molecule has 0 aromatic heterocycles. The van der Waals surface area contributed by atoms with Gasteiger partial charge in [0, 0.05) is 37.2 Å².